The first-order valence-electron chi connectivity index (χ1n) is 5.75. The van der Waals surface area contributed by atoms with Crippen LogP contribution >= 0.6 is 11.3 Å². The van der Waals surface area contributed by atoms with Crippen LogP contribution in [-0.4, -0.2) is 9.55 Å². The van der Waals surface area contributed by atoms with Crippen LogP contribution in [-0.2, 0) is 6.67 Å². The average Bonchev–Trinajstić information content (AvgIpc) is 3.08. The standard InChI is InChI=1S/C14H13N3S/c1-2-4-13(5-3-1)15-10-17-8-14(16-11-17)12-6-7-18-9-12/h1-9,11,15H,10H2. The summed E-state index contributed by atoms with van der Waals surface area (Å²) in [6.45, 7) is 0.723. The number of aromatic nitrogens is 2. The number of imidazole rings is 1. The Kier molecular flexibility index (Phi) is 3.10. The molecule has 0 saturated carbocycles. The van der Waals surface area contributed by atoms with Gasteiger partial charge in [0.05, 0.1) is 18.7 Å². The zero-order chi connectivity index (χ0) is 12.2. The molecule has 0 bridgehead atoms. The average molecular weight is 255 g/mol. The maximum absolute atomic E-state index is 4.40. The fourth-order valence-electron chi connectivity index (χ4n) is 1.74. The number of rotatable bonds is 4. The summed E-state index contributed by atoms with van der Waals surface area (Å²) in [5, 5.41) is 7.52. The molecule has 0 spiro atoms. The van der Waals surface area contributed by atoms with Crippen LogP contribution in [0, 0.1) is 0 Å². The van der Waals surface area contributed by atoms with E-state index >= 15 is 0 Å². The van der Waals surface area contributed by atoms with E-state index in [4.69, 9.17) is 0 Å². The Balaban J connectivity index is 1.68. The molecule has 1 aromatic carbocycles. The van der Waals surface area contributed by atoms with Gasteiger partial charge in [0, 0.05) is 22.8 Å². The summed E-state index contributed by atoms with van der Waals surface area (Å²) >= 11 is 1.69. The lowest BCUT2D eigenvalue weighted by Gasteiger charge is -2.06. The van der Waals surface area contributed by atoms with Crippen LogP contribution in [0.25, 0.3) is 11.3 Å². The lowest BCUT2D eigenvalue weighted by molar-refractivity contribution is 0.774. The molecule has 2 aromatic heterocycles. The third kappa shape index (κ3) is 2.43. The van der Waals surface area contributed by atoms with E-state index in [9.17, 15) is 0 Å². The fraction of sp³-hybridized carbons (Fsp3) is 0.0714. The quantitative estimate of drug-likeness (QED) is 0.770. The van der Waals surface area contributed by atoms with Gasteiger partial charge in [-0.2, -0.15) is 11.3 Å². The lowest BCUT2D eigenvalue weighted by atomic mass is 10.3. The Morgan fingerprint density at radius 1 is 1.17 bits per heavy atom. The largest absolute Gasteiger partial charge is 0.367 e. The zero-order valence-corrected chi connectivity index (χ0v) is 10.6. The number of nitrogens with zero attached hydrogens (tertiary/aromatic N) is 2. The van der Waals surface area contributed by atoms with Crippen molar-refractivity contribution >= 4 is 17.0 Å². The predicted octanol–water partition coefficient (Wildman–Crippen LogP) is 3.68. The SMILES string of the molecule is c1ccc(NCn2cnc(-c3ccsc3)c2)cc1. The minimum absolute atomic E-state index is 0.723. The van der Waals surface area contributed by atoms with Crippen molar-refractivity contribution in [2.45, 2.75) is 6.67 Å². The molecule has 0 atom stereocenters. The first kappa shape index (κ1) is 11.0. The molecule has 0 aliphatic heterocycles. The number of hydrogen-bond donors (Lipinski definition) is 1. The highest BCUT2D eigenvalue weighted by Gasteiger charge is 2.01. The summed E-state index contributed by atoms with van der Waals surface area (Å²) in [7, 11) is 0. The summed E-state index contributed by atoms with van der Waals surface area (Å²) in [5.41, 5.74) is 3.31. The highest BCUT2D eigenvalue weighted by atomic mass is 32.1. The van der Waals surface area contributed by atoms with Crippen LogP contribution in [0.15, 0.2) is 59.7 Å². The first-order chi connectivity index (χ1) is 8.92. The van der Waals surface area contributed by atoms with Gasteiger partial charge in [0.2, 0.25) is 0 Å². The van der Waals surface area contributed by atoms with Gasteiger partial charge in [0.1, 0.15) is 0 Å². The predicted molar refractivity (Wildman–Crippen MR) is 75.6 cm³/mol. The third-order valence-corrected chi connectivity index (χ3v) is 3.37. The normalized spacial score (nSPS) is 10.4. The molecular formula is C14H13N3S. The Labute approximate surface area is 110 Å². The van der Waals surface area contributed by atoms with Gasteiger partial charge in [-0.1, -0.05) is 18.2 Å². The van der Waals surface area contributed by atoms with Crippen LogP contribution in [0.3, 0.4) is 0 Å². The molecule has 1 N–H and O–H groups in total. The van der Waals surface area contributed by atoms with Crippen molar-refractivity contribution in [3.8, 4) is 11.3 Å². The van der Waals surface area contributed by atoms with Crippen LogP contribution in [0.4, 0.5) is 5.69 Å². The van der Waals surface area contributed by atoms with Gasteiger partial charge in [-0.15, -0.1) is 0 Å². The van der Waals surface area contributed by atoms with Crippen molar-refractivity contribution in [1.82, 2.24) is 9.55 Å². The van der Waals surface area contributed by atoms with Gasteiger partial charge in [-0.3, -0.25) is 0 Å². The molecule has 0 aliphatic rings. The second kappa shape index (κ2) is 5.06. The summed E-state index contributed by atoms with van der Waals surface area (Å²) in [5.74, 6) is 0. The van der Waals surface area contributed by atoms with Crippen molar-refractivity contribution in [2.24, 2.45) is 0 Å². The number of anilines is 1. The van der Waals surface area contributed by atoms with E-state index in [1.54, 1.807) is 11.3 Å². The molecule has 90 valence electrons. The maximum Gasteiger partial charge on any atom is 0.0968 e. The third-order valence-electron chi connectivity index (χ3n) is 2.69. The number of benzene rings is 1. The fourth-order valence-corrected chi connectivity index (χ4v) is 2.39. The van der Waals surface area contributed by atoms with Gasteiger partial charge in [-0.25, -0.2) is 4.98 Å². The van der Waals surface area contributed by atoms with Gasteiger partial charge in [0.15, 0.2) is 0 Å². The number of thiophene rings is 1. The topological polar surface area (TPSA) is 29.9 Å². The lowest BCUT2D eigenvalue weighted by Crippen LogP contribution is -2.05. The summed E-state index contributed by atoms with van der Waals surface area (Å²) in [6, 6.07) is 12.2. The molecule has 3 aromatic rings. The minimum atomic E-state index is 0.723. The van der Waals surface area contributed by atoms with E-state index in [-0.39, 0.29) is 0 Å². The monoisotopic (exact) mass is 255 g/mol. The smallest absolute Gasteiger partial charge is 0.0968 e. The van der Waals surface area contributed by atoms with Gasteiger partial charge in [-0.05, 0) is 23.6 Å². The van der Waals surface area contributed by atoms with E-state index < -0.39 is 0 Å². The van der Waals surface area contributed by atoms with Crippen molar-refractivity contribution in [3.63, 3.8) is 0 Å². The Morgan fingerprint density at radius 2 is 2.06 bits per heavy atom. The Bertz CT molecular complexity index is 599. The number of para-hydroxylation sites is 1. The first-order valence-corrected chi connectivity index (χ1v) is 6.69. The highest BCUT2D eigenvalue weighted by molar-refractivity contribution is 7.08. The van der Waals surface area contributed by atoms with E-state index in [0.717, 1.165) is 18.1 Å². The van der Waals surface area contributed by atoms with Gasteiger partial charge in [0.25, 0.3) is 0 Å². The molecule has 0 saturated heterocycles. The molecule has 0 fully saturated rings. The van der Waals surface area contributed by atoms with E-state index in [2.05, 4.69) is 45.5 Å². The Morgan fingerprint density at radius 3 is 2.83 bits per heavy atom. The molecule has 4 heteroatoms. The van der Waals surface area contributed by atoms with Crippen molar-refractivity contribution in [3.05, 3.63) is 59.7 Å². The van der Waals surface area contributed by atoms with Gasteiger partial charge < -0.3 is 9.88 Å². The van der Waals surface area contributed by atoms with Crippen molar-refractivity contribution in [2.75, 3.05) is 5.32 Å². The minimum Gasteiger partial charge on any atom is -0.367 e. The number of nitrogens with one attached hydrogen (secondary N) is 1. The molecular weight excluding hydrogens is 242 g/mol. The zero-order valence-electron chi connectivity index (χ0n) is 9.78. The van der Waals surface area contributed by atoms with E-state index in [1.165, 1.54) is 5.56 Å². The van der Waals surface area contributed by atoms with Crippen LogP contribution in [0.5, 0.6) is 0 Å². The van der Waals surface area contributed by atoms with Crippen LogP contribution in [0.1, 0.15) is 0 Å². The second-order valence-corrected chi connectivity index (χ2v) is 4.77. The van der Waals surface area contributed by atoms with Crippen molar-refractivity contribution < 1.29 is 0 Å². The molecule has 2 heterocycles. The molecule has 18 heavy (non-hydrogen) atoms. The molecule has 0 aliphatic carbocycles. The maximum atomic E-state index is 4.40. The molecule has 3 rings (SSSR count). The molecule has 0 radical (unpaired) electrons. The van der Waals surface area contributed by atoms with Gasteiger partial charge >= 0.3 is 0 Å². The van der Waals surface area contributed by atoms with Crippen LogP contribution < -0.4 is 5.32 Å². The summed E-state index contributed by atoms with van der Waals surface area (Å²) in [4.78, 5) is 4.40. The number of hydrogen-bond acceptors (Lipinski definition) is 3. The van der Waals surface area contributed by atoms with E-state index in [0.29, 0.717) is 0 Å². The molecule has 3 nitrogen and oxygen atoms in total. The highest BCUT2D eigenvalue weighted by Crippen LogP contribution is 2.19. The summed E-state index contributed by atoms with van der Waals surface area (Å²) in [6.07, 6.45) is 3.90. The summed E-state index contributed by atoms with van der Waals surface area (Å²) < 4.78 is 2.04. The molecule has 0 amide bonds. The van der Waals surface area contributed by atoms with Crippen LogP contribution in [0.2, 0.25) is 0 Å². The van der Waals surface area contributed by atoms with E-state index in [1.807, 2.05) is 29.1 Å². The molecule has 0 unspecified atom stereocenters. The Hall–Kier alpha value is -2.07. The van der Waals surface area contributed by atoms with Crippen molar-refractivity contribution in [1.29, 1.82) is 0 Å². The second-order valence-electron chi connectivity index (χ2n) is 3.99.